The number of ether oxygens (including phenoxy) is 1. The summed E-state index contributed by atoms with van der Waals surface area (Å²) >= 11 is 1.47. The summed E-state index contributed by atoms with van der Waals surface area (Å²) in [7, 11) is 0. The van der Waals surface area contributed by atoms with Crippen molar-refractivity contribution in [1.29, 1.82) is 0 Å². The first kappa shape index (κ1) is 11.5. The van der Waals surface area contributed by atoms with Crippen molar-refractivity contribution < 1.29 is 9.53 Å². The van der Waals surface area contributed by atoms with E-state index in [1.165, 1.54) is 17.4 Å². The van der Waals surface area contributed by atoms with Gasteiger partial charge >= 0.3 is 5.97 Å². The van der Waals surface area contributed by atoms with Gasteiger partial charge in [-0.3, -0.25) is 4.98 Å². The molecular formula is C13H11NO2S. The van der Waals surface area contributed by atoms with E-state index in [9.17, 15) is 4.79 Å². The van der Waals surface area contributed by atoms with Crippen molar-refractivity contribution >= 4 is 23.4 Å². The zero-order chi connectivity index (χ0) is 11.9. The molecular weight excluding hydrogens is 234 g/mol. The van der Waals surface area contributed by atoms with Gasteiger partial charge in [0, 0.05) is 12.3 Å². The van der Waals surface area contributed by atoms with Crippen LogP contribution in [0.4, 0.5) is 0 Å². The summed E-state index contributed by atoms with van der Waals surface area (Å²) < 4.78 is 5.05. The summed E-state index contributed by atoms with van der Waals surface area (Å²) in [6.45, 7) is 0.280. The average molecular weight is 245 g/mol. The van der Waals surface area contributed by atoms with Gasteiger partial charge in [0.1, 0.15) is 6.61 Å². The summed E-state index contributed by atoms with van der Waals surface area (Å²) in [5.41, 5.74) is 2.69. The molecule has 86 valence electrons. The number of rotatable bonds is 4. The standard InChI is InChI=1S/C13H11NO2S/c15-13(16-9-12-8-14-10-17-12)7-6-11-4-2-1-3-5-11/h1-8,10H,9H2/b7-6+. The van der Waals surface area contributed by atoms with Crippen molar-refractivity contribution in [3.8, 4) is 0 Å². The Labute approximate surface area is 103 Å². The molecule has 2 aromatic rings. The topological polar surface area (TPSA) is 39.2 Å². The van der Waals surface area contributed by atoms with Crippen LogP contribution in [0.3, 0.4) is 0 Å². The highest BCUT2D eigenvalue weighted by molar-refractivity contribution is 7.09. The predicted molar refractivity (Wildman–Crippen MR) is 67.4 cm³/mol. The Kier molecular flexibility index (Phi) is 4.05. The number of hydrogen-bond acceptors (Lipinski definition) is 4. The fourth-order valence-corrected chi connectivity index (χ4v) is 1.74. The quantitative estimate of drug-likeness (QED) is 0.614. The van der Waals surface area contributed by atoms with Gasteiger partial charge in [-0.25, -0.2) is 4.79 Å². The van der Waals surface area contributed by atoms with Gasteiger partial charge in [0.05, 0.1) is 10.4 Å². The Bertz CT molecular complexity index is 491. The SMILES string of the molecule is O=C(/C=C/c1ccccc1)OCc1cncs1. The van der Waals surface area contributed by atoms with Crippen molar-refractivity contribution in [2.75, 3.05) is 0 Å². The predicted octanol–water partition coefficient (Wildman–Crippen LogP) is 2.90. The second kappa shape index (κ2) is 5.96. The monoisotopic (exact) mass is 245 g/mol. The molecule has 0 N–H and O–H groups in total. The number of carbonyl (C=O) groups is 1. The molecule has 0 aliphatic heterocycles. The lowest BCUT2D eigenvalue weighted by Gasteiger charge is -1.98. The first-order chi connectivity index (χ1) is 8.34. The molecule has 0 aliphatic carbocycles. The van der Waals surface area contributed by atoms with E-state index in [1.807, 2.05) is 30.3 Å². The second-order valence-electron chi connectivity index (χ2n) is 3.32. The maximum absolute atomic E-state index is 11.4. The van der Waals surface area contributed by atoms with Gasteiger partial charge in [-0.1, -0.05) is 30.3 Å². The third kappa shape index (κ3) is 3.85. The van der Waals surface area contributed by atoms with E-state index in [-0.39, 0.29) is 12.6 Å². The molecule has 1 aromatic carbocycles. The number of hydrogen-bond donors (Lipinski definition) is 0. The lowest BCUT2D eigenvalue weighted by Crippen LogP contribution is -1.99. The smallest absolute Gasteiger partial charge is 0.331 e. The molecule has 0 amide bonds. The van der Waals surface area contributed by atoms with E-state index in [1.54, 1.807) is 17.8 Å². The minimum Gasteiger partial charge on any atom is -0.457 e. The molecule has 0 radical (unpaired) electrons. The second-order valence-corrected chi connectivity index (χ2v) is 4.29. The first-order valence-corrected chi connectivity index (χ1v) is 6.00. The minimum absolute atomic E-state index is 0.280. The van der Waals surface area contributed by atoms with Gasteiger partial charge in [-0.05, 0) is 11.6 Å². The van der Waals surface area contributed by atoms with Gasteiger partial charge in [-0.15, -0.1) is 11.3 Å². The van der Waals surface area contributed by atoms with Crippen LogP contribution in [0.1, 0.15) is 10.4 Å². The zero-order valence-electron chi connectivity index (χ0n) is 9.08. The Morgan fingerprint density at radius 3 is 2.88 bits per heavy atom. The molecule has 17 heavy (non-hydrogen) atoms. The average Bonchev–Trinajstić information content (AvgIpc) is 2.88. The van der Waals surface area contributed by atoms with Crippen molar-refractivity contribution in [3.05, 3.63) is 58.6 Å². The highest BCUT2D eigenvalue weighted by atomic mass is 32.1. The first-order valence-electron chi connectivity index (χ1n) is 5.12. The zero-order valence-corrected chi connectivity index (χ0v) is 9.89. The molecule has 1 aromatic heterocycles. The Hall–Kier alpha value is -1.94. The lowest BCUT2D eigenvalue weighted by molar-refractivity contribution is -0.138. The van der Waals surface area contributed by atoms with Gasteiger partial charge in [0.15, 0.2) is 0 Å². The minimum atomic E-state index is -0.345. The summed E-state index contributed by atoms with van der Waals surface area (Å²) in [4.78, 5) is 16.2. The molecule has 2 rings (SSSR count). The number of thiazole rings is 1. The van der Waals surface area contributed by atoms with E-state index in [4.69, 9.17) is 4.74 Å². The Balaban J connectivity index is 1.83. The summed E-state index contributed by atoms with van der Waals surface area (Å²) in [5, 5.41) is 0. The number of carbonyl (C=O) groups excluding carboxylic acids is 1. The summed E-state index contributed by atoms with van der Waals surface area (Å²) in [5.74, 6) is -0.345. The third-order valence-electron chi connectivity index (χ3n) is 2.05. The van der Waals surface area contributed by atoms with Crippen LogP contribution in [0.15, 0.2) is 48.1 Å². The molecule has 1 heterocycles. The van der Waals surface area contributed by atoms with Crippen LogP contribution in [-0.2, 0) is 16.1 Å². The fourth-order valence-electron chi connectivity index (χ4n) is 1.23. The van der Waals surface area contributed by atoms with E-state index >= 15 is 0 Å². The van der Waals surface area contributed by atoms with Gasteiger partial charge in [-0.2, -0.15) is 0 Å². The van der Waals surface area contributed by atoms with Crippen LogP contribution in [0.25, 0.3) is 6.08 Å². The van der Waals surface area contributed by atoms with Crippen molar-refractivity contribution in [2.24, 2.45) is 0 Å². The molecule has 0 saturated carbocycles. The lowest BCUT2D eigenvalue weighted by atomic mass is 10.2. The van der Waals surface area contributed by atoms with Crippen LogP contribution >= 0.6 is 11.3 Å². The molecule has 0 saturated heterocycles. The van der Waals surface area contributed by atoms with E-state index < -0.39 is 0 Å². The number of aromatic nitrogens is 1. The van der Waals surface area contributed by atoms with Crippen LogP contribution in [0.2, 0.25) is 0 Å². The van der Waals surface area contributed by atoms with Crippen LogP contribution in [0, 0.1) is 0 Å². The van der Waals surface area contributed by atoms with Crippen LogP contribution in [0.5, 0.6) is 0 Å². The highest BCUT2D eigenvalue weighted by Crippen LogP contribution is 2.07. The molecule has 3 nitrogen and oxygen atoms in total. The number of nitrogens with zero attached hydrogens (tertiary/aromatic N) is 1. The molecule has 0 bridgehead atoms. The molecule has 0 aliphatic rings. The molecule has 0 atom stereocenters. The van der Waals surface area contributed by atoms with Crippen molar-refractivity contribution in [3.63, 3.8) is 0 Å². The van der Waals surface area contributed by atoms with Gasteiger partial charge < -0.3 is 4.74 Å². The van der Waals surface area contributed by atoms with E-state index in [0.717, 1.165) is 10.4 Å². The van der Waals surface area contributed by atoms with Crippen LogP contribution < -0.4 is 0 Å². The molecule has 0 spiro atoms. The van der Waals surface area contributed by atoms with E-state index in [2.05, 4.69) is 4.98 Å². The maximum Gasteiger partial charge on any atom is 0.331 e. The van der Waals surface area contributed by atoms with Gasteiger partial charge in [0.25, 0.3) is 0 Å². The number of benzene rings is 1. The highest BCUT2D eigenvalue weighted by Gasteiger charge is 1.99. The third-order valence-corrected chi connectivity index (χ3v) is 2.80. The number of esters is 1. The molecule has 0 fully saturated rings. The molecule has 0 unspecified atom stereocenters. The summed E-state index contributed by atoms with van der Waals surface area (Å²) in [6.07, 6.45) is 4.85. The largest absolute Gasteiger partial charge is 0.457 e. The van der Waals surface area contributed by atoms with Crippen molar-refractivity contribution in [2.45, 2.75) is 6.61 Å². The maximum atomic E-state index is 11.4. The Morgan fingerprint density at radius 2 is 2.18 bits per heavy atom. The van der Waals surface area contributed by atoms with Crippen LogP contribution in [-0.4, -0.2) is 11.0 Å². The summed E-state index contributed by atoms with van der Waals surface area (Å²) in [6, 6.07) is 9.62. The van der Waals surface area contributed by atoms with Gasteiger partial charge in [0.2, 0.25) is 0 Å². The molecule has 4 heteroatoms. The van der Waals surface area contributed by atoms with E-state index in [0.29, 0.717) is 0 Å². The fraction of sp³-hybridized carbons (Fsp3) is 0.0769. The van der Waals surface area contributed by atoms with Crippen molar-refractivity contribution in [1.82, 2.24) is 4.98 Å². The Morgan fingerprint density at radius 1 is 1.35 bits per heavy atom. The normalized spacial score (nSPS) is 10.6.